The van der Waals surface area contributed by atoms with Gasteiger partial charge in [0, 0.05) is 6.54 Å². The molecule has 0 atom stereocenters. The normalized spacial score (nSPS) is 9.50. The Kier molecular flexibility index (Phi) is 3.99. The van der Waals surface area contributed by atoms with E-state index in [-0.39, 0.29) is 0 Å². The molecule has 0 unspecified atom stereocenters. The summed E-state index contributed by atoms with van der Waals surface area (Å²) in [6.07, 6.45) is 4.67. The second-order valence-corrected chi connectivity index (χ2v) is 3.18. The van der Waals surface area contributed by atoms with Crippen molar-refractivity contribution in [3.05, 3.63) is 54.2 Å². The van der Waals surface area contributed by atoms with E-state index in [1.807, 2.05) is 6.08 Å². The summed E-state index contributed by atoms with van der Waals surface area (Å²) in [4.78, 5) is 0. The molecule has 0 fully saturated rings. The van der Waals surface area contributed by atoms with E-state index >= 15 is 0 Å². The minimum Gasteiger partial charge on any atom is -0.387 e. The van der Waals surface area contributed by atoms with Gasteiger partial charge in [0.2, 0.25) is 0 Å². The maximum Gasteiger partial charge on any atom is 0.0395 e. The monoisotopic (exact) mass is 187 g/mol. The maximum atomic E-state index is 3.80. The van der Waals surface area contributed by atoms with Gasteiger partial charge in [-0.15, -0.1) is 0 Å². The zero-order valence-electron chi connectivity index (χ0n) is 8.72. The van der Waals surface area contributed by atoms with Crippen LogP contribution in [0.2, 0.25) is 0 Å². The predicted molar refractivity (Wildman–Crippen MR) is 62.9 cm³/mol. The number of rotatable bonds is 5. The van der Waals surface area contributed by atoms with Gasteiger partial charge < -0.3 is 5.32 Å². The zero-order chi connectivity index (χ0) is 10.4. The standard InChI is InChI=1S/C13H17N/c1-4-12-8-7-11(10-14-6-3)9-13(12)5-2/h4,6-9,14H,1,3,5,10H2,2H3. The average Bonchev–Trinajstić information content (AvgIpc) is 2.25. The van der Waals surface area contributed by atoms with Crippen LogP contribution in [-0.2, 0) is 13.0 Å². The third-order valence-corrected chi connectivity index (χ3v) is 2.26. The fourth-order valence-corrected chi connectivity index (χ4v) is 1.46. The molecule has 0 saturated carbocycles. The van der Waals surface area contributed by atoms with Crippen molar-refractivity contribution in [1.29, 1.82) is 0 Å². The molecule has 1 nitrogen and oxygen atoms in total. The Balaban J connectivity index is 2.89. The van der Waals surface area contributed by atoms with Gasteiger partial charge in [-0.2, -0.15) is 0 Å². The molecule has 0 aromatic heterocycles. The molecule has 0 spiro atoms. The molecule has 0 saturated heterocycles. The Bertz CT molecular complexity index is 326. The second-order valence-electron chi connectivity index (χ2n) is 3.18. The van der Waals surface area contributed by atoms with Crippen LogP contribution in [0.25, 0.3) is 6.08 Å². The molecule has 1 rings (SSSR count). The van der Waals surface area contributed by atoms with Crippen LogP contribution in [0.15, 0.2) is 37.6 Å². The van der Waals surface area contributed by atoms with Gasteiger partial charge in [0.25, 0.3) is 0 Å². The first-order valence-corrected chi connectivity index (χ1v) is 4.90. The van der Waals surface area contributed by atoms with E-state index in [0.717, 1.165) is 13.0 Å². The summed E-state index contributed by atoms with van der Waals surface area (Å²) in [6, 6.07) is 6.45. The summed E-state index contributed by atoms with van der Waals surface area (Å²) in [7, 11) is 0. The van der Waals surface area contributed by atoms with E-state index in [0.29, 0.717) is 0 Å². The topological polar surface area (TPSA) is 12.0 Å². The lowest BCUT2D eigenvalue weighted by Gasteiger charge is -2.07. The summed E-state index contributed by atoms with van der Waals surface area (Å²) in [5.74, 6) is 0. The Morgan fingerprint density at radius 2 is 2.14 bits per heavy atom. The lowest BCUT2D eigenvalue weighted by molar-refractivity contribution is 0.869. The summed E-state index contributed by atoms with van der Waals surface area (Å²) in [5, 5.41) is 3.09. The van der Waals surface area contributed by atoms with Gasteiger partial charge in [0.05, 0.1) is 0 Å². The Labute approximate surface area is 86.2 Å². The molecule has 1 N–H and O–H groups in total. The zero-order valence-corrected chi connectivity index (χ0v) is 8.72. The van der Waals surface area contributed by atoms with Crippen LogP contribution < -0.4 is 5.32 Å². The number of aryl methyl sites for hydroxylation is 1. The van der Waals surface area contributed by atoms with Crippen molar-refractivity contribution < 1.29 is 0 Å². The largest absolute Gasteiger partial charge is 0.387 e. The number of benzene rings is 1. The van der Waals surface area contributed by atoms with Crippen molar-refractivity contribution in [2.24, 2.45) is 0 Å². The van der Waals surface area contributed by atoms with E-state index in [1.54, 1.807) is 6.20 Å². The van der Waals surface area contributed by atoms with Gasteiger partial charge in [-0.3, -0.25) is 0 Å². The van der Waals surface area contributed by atoms with Crippen molar-refractivity contribution in [2.75, 3.05) is 0 Å². The minimum atomic E-state index is 0.841. The van der Waals surface area contributed by atoms with Crippen LogP contribution in [0.4, 0.5) is 0 Å². The molecule has 0 amide bonds. The Hall–Kier alpha value is -1.50. The van der Waals surface area contributed by atoms with Crippen LogP contribution in [0.5, 0.6) is 0 Å². The van der Waals surface area contributed by atoms with Crippen molar-refractivity contribution in [3.8, 4) is 0 Å². The lowest BCUT2D eigenvalue weighted by Crippen LogP contribution is -2.04. The molecule has 0 heterocycles. The molecule has 0 bridgehead atoms. The molecule has 0 aliphatic heterocycles. The van der Waals surface area contributed by atoms with Gasteiger partial charge in [-0.25, -0.2) is 0 Å². The lowest BCUT2D eigenvalue weighted by atomic mass is 10.0. The van der Waals surface area contributed by atoms with Gasteiger partial charge in [0.15, 0.2) is 0 Å². The summed E-state index contributed by atoms with van der Waals surface area (Å²) in [5.41, 5.74) is 3.87. The molecular weight excluding hydrogens is 170 g/mol. The van der Waals surface area contributed by atoms with Crippen LogP contribution in [0, 0.1) is 0 Å². The van der Waals surface area contributed by atoms with Gasteiger partial charge in [-0.1, -0.05) is 44.4 Å². The molecule has 0 aliphatic rings. The fourth-order valence-electron chi connectivity index (χ4n) is 1.46. The van der Waals surface area contributed by atoms with Gasteiger partial charge in [-0.05, 0) is 29.3 Å². The third kappa shape index (κ3) is 2.49. The van der Waals surface area contributed by atoms with E-state index in [4.69, 9.17) is 0 Å². The van der Waals surface area contributed by atoms with Crippen molar-refractivity contribution in [2.45, 2.75) is 19.9 Å². The van der Waals surface area contributed by atoms with Crippen molar-refractivity contribution in [1.82, 2.24) is 5.32 Å². The smallest absolute Gasteiger partial charge is 0.0395 e. The maximum absolute atomic E-state index is 3.80. The Morgan fingerprint density at radius 3 is 2.71 bits per heavy atom. The highest BCUT2D eigenvalue weighted by Crippen LogP contribution is 2.14. The quantitative estimate of drug-likeness (QED) is 0.746. The first kappa shape index (κ1) is 10.6. The van der Waals surface area contributed by atoms with Gasteiger partial charge >= 0.3 is 0 Å². The van der Waals surface area contributed by atoms with Gasteiger partial charge in [0.1, 0.15) is 0 Å². The number of nitrogens with one attached hydrogen (secondary N) is 1. The van der Waals surface area contributed by atoms with E-state index < -0.39 is 0 Å². The summed E-state index contributed by atoms with van der Waals surface area (Å²) < 4.78 is 0. The van der Waals surface area contributed by atoms with Crippen LogP contribution >= 0.6 is 0 Å². The van der Waals surface area contributed by atoms with E-state index in [1.165, 1.54) is 16.7 Å². The highest BCUT2D eigenvalue weighted by atomic mass is 14.8. The minimum absolute atomic E-state index is 0.841. The predicted octanol–water partition coefficient (Wildman–Crippen LogP) is 3.13. The first-order chi connectivity index (χ1) is 6.81. The van der Waals surface area contributed by atoms with Crippen LogP contribution in [0.3, 0.4) is 0 Å². The van der Waals surface area contributed by atoms with Crippen molar-refractivity contribution >= 4 is 6.08 Å². The Morgan fingerprint density at radius 1 is 1.36 bits per heavy atom. The highest BCUT2D eigenvalue weighted by molar-refractivity contribution is 5.52. The van der Waals surface area contributed by atoms with E-state index in [9.17, 15) is 0 Å². The first-order valence-electron chi connectivity index (χ1n) is 4.90. The molecule has 1 heteroatoms. The average molecular weight is 187 g/mol. The molecular formula is C13H17N. The molecule has 1 aromatic rings. The SMILES string of the molecule is C=CNCc1ccc(C=C)c(CC)c1. The van der Waals surface area contributed by atoms with E-state index in [2.05, 4.69) is 43.6 Å². The summed E-state index contributed by atoms with van der Waals surface area (Å²) in [6.45, 7) is 10.4. The number of hydrogen-bond donors (Lipinski definition) is 1. The van der Waals surface area contributed by atoms with Crippen LogP contribution in [0.1, 0.15) is 23.6 Å². The van der Waals surface area contributed by atoms with Crippen LogP contribution in [-0.4, -0.2) is 0 Å². The molecule has 1 aromatic carbocycles. The second kappa shape index (κ2) is 5.28. The molecule has 0 aliphatic carbocycles. The van der Waals surface area contributed by atoms with Crippen molar-refractivity contribution in [3.63, 3.8) is 0 Å². The third-order valence-electron chi connectivity index (χ3n) is 2.26. The molecule has 0 radical (unpaired) electrons. The molecule has 74 valence electrons. The number of hydrogen-bond acceptors (Lipinski definition) is 1. The highest BCUT2D eigenvalue weighted by Gasteiger charge is 1.98. The fraction of sp³-hybridized carbons (Fsp3) is 0.231. The summed E-state index contributed by atoms with van der Waals surface area (Å²) >= 11 is 0. The molecule has 14 heavy (non-hydrogen) atoms.